The van der Waals surface area contributed by atoms with Gasteiger partial charge in [0.1, 0.15) is 5.52 Å². The summed E-state index contributed by atoms with van der Waals surface area (Å²) in [5.41, 5.74) is 7.74. The maximum Gasteiger partial charge on any atom is 0.274 e. The molecular formula is C39H42Cl2N6O3. The Morgan fingerprint density at radius 1 is 0.900 bits per heavy atom. The zero-order valence-corrected chi connectivity index (χ0v) is 30.2. The summed E-state index contributed by atoms with van der Waals surface area (Å²) in [4.78, 5) is 32.3. The number of carbonyl (C=O) groups is 1. The summed E-state index contributed by atoms with van der Waals surface area (Å²) >= 11 is 14.3. The van der Waals surface area contributed by atoms with Gasteiger partial charge in [0.2, 0.25) is 0 Å². The molecule has 2 aromatic carbocycles. The second-order valence-electron chi connectivity index (χ2n) is 13.7. The largest absolute Gasteiger partial charge is 0.392 e. The van der Waals surface area contributed by atoms with Crippen LogP contribution in [0, 0.1) is 0 Å². The minimum absolute atomic E-state index is 0.0956. The number of hydrogen-bond donors (Lipinski definition) is 1. The lowest BCUT2D eigenvalue weighted by Crippen LogP contribution is -2.28. The number of fused-ring (bicyclic) bond motifs is 1. The number of likely N-dealkylation sites (tertiary alicyclic amines) is 2. The van der Waals surface area contributed by atoms with Gasteiger partial charge in [-0.3, -0.25) is 19.4 Å². The molecule has 0 aliphatic carbocycles. The lowest BCUT2D eigenvalue weighted by Gasteiger charge is -2.23. The number of halogens is 2. The van der Waals surface area contributed by atoms with Crippen molar-refractivity contribution in [1.82, 2.24) is 28.2 Å². The zero-order chi connectivity index (χ0) is 35.1. The van der Waals surface area contributed by atoms with Crippen LogP contribution >= 0.6 is 23.2 Å². The van der Waals surface area contributed by atoms with E-state index in [0.29, 0.717) is 34.3 Å². The Balaban J connectivity index is 1.22. The van der Waals surface area contributed by atoms with Crippen molar-refractivity contribution in [2.45, 2.75) is 31.9 Å². The van der Waals surface area contributed by atoms with E-state index in [1.165, 1.54) is 12.8 Å². The van der Waals surface area contributed by atoms with E-state index in [9.17, 15) is 14.7 Å². The van der Waals surface area contributed by atoms with Crippen LogP contribution < -0.4 is 5.56 Å². The maximum absolute atomic E-state index is 13.4. The minimum atomic E-state index is -0.324. The van der Waals surface area contributed by atoms with Gasteiger partial charge in [-0.25, -0.2) is 0 Å². The van der Waals surface area contributed by atoms with Crippen LogP contribution in [0.2, 0.25) is 10.0 Å². The molecule has 1 N–H and O–H groups in total. The third kappa shape index (κ3) is 6.68. The van der Waals surface area contributed by atoms with Gasteiger partial charge in [0.15, 0.2) is 6.29 Å². The summed E-state index contributed by atoms with van der Waals surface area (Å²) in [5, 5.41) is 11.0. The summed E-state index contributed by atoms with van der Waals surface area (Å²) in [6, 6.07) is 15.4. The zero-order valence-electron chi connectivity index (χ0n) is 28.6. The molecule has 9 nitrogen and oxygen atoms in total. The smallest absolute Gasteiger partial charge is 0.274 e. The topological polar surface area (TPSA) is 78.4 Å². The van der Waals surface area contributed by atoms with Gasteiger partial charge in [-0.2, -0.15) is 0 Å². The number of aliphatic hydroxyl groups is 1. The molecule has 2 fully saturated rings. The van der Waals surface area contributed by atoms with Crippen LogP contribution in [0.3, 0.4) is 0 Å². The summed E-state index contributed by atoms with van der Waals surface area (Å²) in [6.07, 6.45) is 11.6. The first-order chi connectivity index (χ1) is 24.1. The van der Waals surface area contributed by atoms with Crippen LogP contribution in [-0.2, 0) is 13.6 Å². The molecular weight excluding hydrogens is 671 g/mol. The first-order valence-electron chi connectivity index (χ1n) is 17.1. The van der Waals surface area contributed by atoms with Crippen molar-refractivity contribution in [2.75, 3.05) is 46.8 Å². The van der Waals surface area contributed by atoms with E-state index in [4.69, 9.17) is 23.2 Å². The number of β-amino-alcohol motifs (C(OH)–C–C–N with tert-alkyl or cyclic N) is 1. The van der Waals surface area contributed by atoms with Crippen LogP contribution in [0.5, 0.6) is 0 Å². The van der Waals surface area contributed by atoms with Crippen LogP contribution in [0.1, 0.15) is 35.4 Å². The molecule has 0 saturated carbocycles. The quantitative estimate of drug-likeness (QED) is 0.165. The van der Waals surface area contributed by atoms with Crippen LogP contribution in [0.4, 0.5) is 0 Å². The first kappa shape index (κ1) is 34.3. The number of rotatable bonds is 10. The summed E-state index contributed by atoms with van der Waals surface area (Å²) < 4.78 is 5.43. The molecule has 0 amide bonds. The molecule has 0 spiro atoms. The van der Waals surface area contributed by atoms with E-state index in [2.05, 4.69) is 14.7 Å². The Bertz CT molecular complexity index is 2160. The number of nitrogens with zero attached hydrogens (tertiary/aromatic N) is 6. The Hall–Kier alpha value is -4.12. The molecule has 2 aliphatic rings. The van der Waals surface area contributed by atoms with Crippen molar-refractivity contribution in [3.8, 4) is 33.4 Å². The maximum atomic E-state index is 13.4. The lowest BCUT2D eigenvalue weighted by molar-refractivity contribution is 0.111. The van der Waals surface area contributed by atoms with Crippen LogP contribution in [0.15, 0.2) is 77.6 Å². The standard InChI is InChI=1S/C39H42Cl2N6O3/c1-42(2)29(20-44-13-4-5-14-44)22-46-18-26(16-28(46)25-48)32-8-6-10-34(37(32)40)35-11-7-9-33(38(35)41)27-17-36-39(50)43(3)30(23-47(36)19-27)21-45-15-12-31(49)24-45/h6-11,16-19,22-23,25,31,49H,4-5,12-15,20-21,24H2,1-3H3/b29-22-. The Labute approximate surface area is 302 Å². The third-order valence-electron chi connectivity index (χ3n) is 10.1. The molecule has 11 heteroatoms. The molecule has 0 radical (unpaired) electrons. The predicted molar refractivity (Wildman–Crippen MR) is 202 cm³/mol. The van der Waals surface area contributed by atoms with E-state index in [1.54, 1.807) is 11.6 Å². The van der Waals surface area contributed by atoms with Gasteiger partial charge in [-0.15, -0.1) is 0 Å². The van der Waals surface area contributed by atoms with Crippen molar-refractivity contribution in [1.29, 1.82) is 0 Å². The third-order valence-corrected chi connectivity index (χ3v) is 10.9. The highest BCUT2D eigenvalue weighted by Crippen LogP contribution is 2.43. The van der Waals surface area contributed by atoms with Gasteiger partial charge in [0.05, 0.1) is 27.5 Å². The molecule has 50 heavy (non-hydrogen) atoms. The SMILES string of the molecule is CN(C)/C(=C\n1cc(-c2cccc(-c3cccc(-c4cc5c(=O)n(C)c(CN6CCC(O)C6)cn5c4)c3Cl)c2Cl)cc1C=O)CN1CCCC1. The molecule has 0 bridgehead atoms. The normalized spacial score (nSPS) is 17.3. The highest BCUT2D eigenvalue weighted by atomic mass is 35.5. The first-order valence-corrected chi connectivity index (χ1v) is 17.8. The Morgan fingerprint density at radius 2 is 1.54 bits per heavy atom. The number of likely N-dealkylation sites (N-methyl/N-ethyl adjacent to an activating group) is 1. The molecule has 3 aromatic heterocycles. The summed E-state index contributed by atoms with van der Waals surface area (Å²) in [7, 11) is 5.85. The minimum Gasteiger partial charge on any atom is -0.392 e. The number of hydrogen-bond acceptors (Lipinski definition) is 6. The molecule has 1 unspecified atom stereocenters. The second-order valence-corrected chi connectivity index (χ2v) is 14.5. The number of carbonyl (C=O) groups excluding carboxylic acids is 1. The van der Waals surface area contributed by atoms with Gasteiger partial charge in [0, 0.05) is 111 Å². The van der Waals surface area contributed by atoms with E-state index in [1.807, 2.05) is 96.4 Å². The fourth-order valence-corrected chi connectivity index (χ4v) is 7.86. The number of aldehydes is 1. The molecule has 2 aliphatic heterocycles. The Kier molecular flexibility index (Phi) is 9.78. The van der Waals surface area contributed by atoms with Crippen molar-refractivity contribution in [3.63, 3.8) is 0 Å². The molecule has 2 saturated heterocycles. The fraction of sp³-hybridized carbons (Fsp3) is 0.333. The Morgan fingerprint density at radius 3 is 2.14 bits per heavy atom. The van der Waals surface area contributed by atoms with Crippen LogP contribution in [-0.4, -0.2) is 92.6 Å². The average Bonchev–Trinajstić information content (AvgIpc) is 3.92. The number of benzene rings is 2. The predicted octanol–water partition coefficient (Wildman–Crippen LogP) is 6.58. The van der Waals surface area contributed by atoms with E-state index < -0.39 is 0 Å². The lowest BCUT2D eigenvalue weighted by atomic mass is 9.97. The molecule has 5 aromatic rings. The highest BCUT2D eigenvalue weighted by Gasteiger charge is 2.23. The highest BCUT2D eigenvalue weighted by molar-refractivity contribution is 6.39. The summed E-state index contributed by atoms with van der Waals surface area (Å²) in [5.74, 6) is 0. The van der Waals surface area contributed by atoms with Gasteiger partial charge >= 0.3 is 0 Å². The number of aliphatic hydroxyl groups excluding tert-OH is 1. The second kappa shape index (κ2) is 14.2. The van der Waals surface area contributed by atoms with E-state index in [0.717, 1.165) is 83.7 Å². The van der Waals surface area contributed by atoms with Crippen molar-refractivity contribution in [3.05, 3.63) is 105 Å². The molecule has 1 atom stereocenters. The molecule has 7 rings (SSSR count). The van der Waals surface area contributed by atoms with E-state index >= 15 is 0 Å². The molecule has 5 heterocycles. The van der Waals surface area contributed by atoms with Crippen molar-refractivity contribution >= 4 is 41.2 Å². The molecule has 260 valence electrons. The average molecular weight is 714 g/mol. The van der Waals surface area contributed by atoms with Gasteiger partial charge in [-0.1, -0.05) is 59.6 Å². The van der Waals surface area contributed by atoms with Gasteiger partial charge < -0.3 is 23.5 Å². The van der Waals surface area contributed by atoms with Crippen molar-refractivity contribution < 1.29 is 9.90 Å². The number of aromatic nitrogens is 3. The van der Waals surface area contributed by atoms with Crippen LogP contribution in [0.25, 0.3) is 45.1 Å². The van der Waals surface area contributed by atoms with Gasteiger partial charge in [0.25, 0.3) is 5.56 Å². The van der Waals surface area contributed by atoms with Gasteiger partial charge in [-0.05, 0) is 44.5 Å². The van der Waals surface area contributed by atoms with E-state index in [-0.39, 0.29) is 11.7 Å². The summed E-state index contributed by atoms with van der Waals surface area (Å²) in [6.45, 7) is 4.98. The fourth-order valence-electron chi connectivity index (χ4n) is 7.19. The monoisotopic (exact) mass is 712 g/mol. The van der Waals surface area contributed by atoms with Crippen molar-refractivity contribution in [2.24, 2.45) is 7.05 Å².